The predicted octanol–water partition coefficient (Wildman–Crippen LogP) is 2.62. The molecular formula is C16H23NO. The molecule has 2 heteroatoms. The number of hydrogen-bond donors (Lipinski definition) is 1. The Morgan fingerprint density at radius 2 is 1.94 bits per heavy atom. The van der Waals surface area contributed by atoms with Crippen LogP contribution in [0.15, 0.2) is 30.3 Å². The lowest BCUT2D eigenvalue weighted by atomic mass is 10.1. The summed E-state index contributed by atoms with van der Waals surface area (Å²) in [7, 11) is 0. The van der Waals surface area contributed by atoms with E-state index in [2.05, 4.69) is 50.0 Å². The van der Waals surface area contributed by atoms with Crippen molar-refractivity contribution in [1.29, 1.82) is 0 Å². The van der Waals surface area contributed by atoms with Crippen molar-refractivity contribution >= 4 is 0 Å². The Bertz CT molecular complexity index is 375. The summed E-state index contributed by atoms with van der Waals surface area (Å²) in [4.78, 5) is 0. The number of rotatable bonds is 6. The second-order valence-corrected chi connectivity index (χ2v) is 4.73. The van der Waals surface area contributed by atoms with Gasteiger partial charge in [-0.2, -0.15) is 0 Å². The van der Waals surface area contributed by atoms with Crippen LogP contribution in [-0.4, -0.2) is 19.3 Å². The van der Waals surface area contributed by atoms with Gasteiger partial charge in [0.25, 0.3) is 0 Å². The van der Waals surface area contributed by atoms with Gasteiger partial charge in [0.05, 0.1) is 6.04 Å². The highest BCUT2D eigenvalue weighted by molar-refractivity contribution is 5.14. The summed E-state index contributed by atoms with van der Waals surface area (Å²) in [6, 6.07) is 10.4. The molecule has 98 valence electrons. The number of benzene rings is 1. The Balaban J connectivity index is 2.06. The first-order chi connectivity index (χ1) is 8.70. The van der Waals surface area contributed by atoms with Crippen LogP contribution in [0.25, 0.3) is 0 Å². The third-order valence-electron chi connectivity index (χ3n) is 2.76. The highest BCUT2D eigenvalue weighted by atomic mass is 16.5. The van der Waals surface area contributed by atoms with Gasteiger partial charge in [0, 0.05) is 6.61 Å². The molecule has 2 N–H and O–H groups in total. The second-order valence-electron chi connectivity index (χ2n) is 4.73. The molecule has 0 aromatic heterocycles. The molecule has 0 saturated heterocycles. The smallest absolute Gasteiger partial charge is 0.107 e. The van der Waals surface area contributed by atoms with Crippen molar-refractivity contribution in [3.8, 4) is 11.8 Å². The number of hydrogen-bond acceptors (Lipinski definition) is 2. The maximum absolute atomic E-state index is 5.80. The van der Waals surface area contributed by atoms with Crippen LogP contribution in [0.3, 0.4) is 0 Å². The highest BCUT2D eigenvalue weighted by Crippen LogP contribution is 2.02. The molecule has 0 saturated carbocycles. The summed E-state index contributed by atoms with van der Waals surface area (Å²) in [6.45, 7) is 5.37. The van der Waals surface area contributed by atoms with E-state index in [4.69, 9.17) is 10.5 Å². The van der Waals surface area contributed by atoms with Crippen molar-refractivity contribution in [2.45, 2.75) is 32.7 Å². The third kappa shape index (κ3) is 6.44. The molecule has 1 atom stereocenters. The SMILES string of the molecule is CC(C)C(N)C#CCOCCCc1ccccc1. The summed E-state index contributed by atoms with van der Waals surface area (Å²) in [5.74, 6) is 6.36. The average Bonchev–Trinajstić information content (AvgIpc) is 2.38. The molecule has 0 aliphatic rings. The molecule has 18 heavy (non-hydrogen) atoms. The van der Waals surface area contributed by atoms with Crippen LogP contribution in [0.1, 0.15) is 25.8 Å². The molecule has 2 nitrogen and oxygen atoms in total. The maximum atomic E-state index is 5.80. The van der Waals surface area contributed by atoms with E-state index in [1.54, 1.807) is 0 Å². The first kappa shape index (κ1) is 14.8. The Kier molecular flexibility index (Phi) is 7.17. The fraction of sp³-hybridized carbons (Fsp3) is 0.500. The molecule has 1 aromatic carbocycles. The molecule has 0 radical (unpaired) electrons. The summed E-state index contributed by atoms with van der Waals surface area (Å²) in [6.07, 6.45) is 2.09. The van der Waals surface area contributed by atoms with Crippen LogP contribution < -0.4 is 5.73 Å². The van der Waals surface area contributed by atoms with E-state index < -0.39 is 0 Å². The van der Waals surface area contributed by atoms with Gasteiger partial charge in [-0.05, 0) is 24.3 Å². The van der Waals surface area contributed by atoms with Crippen LogP contribution in [0, 0.1) is 17.8 Å². The topological polar surface area (TPSA) is 35.2 Å². The molecule has 0 heterocycles. The van der Waals surface area contributed by atoms with Gasteiger partial charge in [-0.25, -0.2) is 0 Å². The second kappa shape index (κ2) is 8.74. The predicted molar refractivity (Wildman–Crippen MR) is 76.2 cm³/mol. The van der Waals surface area contributed by atoms with E-state index in [0.717, 1.165) is 19.4 Å². The van der Waals surface area contributed by atoms with Gasteiger partial charge >= 0.3 is 0 Å². The van der Waals surface area contributed by atoms with Crippen molar-refractivity contribution in [3.05, 3.63) is 35.9 Å². The number of ether oxygens (including phenoxy) is 1. The fourth-order valence-corrected chi connectivity index (χ4v) is 1.47. The highest BCUT2D eigenvalue weighted by Gasteiger charge is 2.01. The zero-order valence-electron chi connectivity index (χ0n) is 11.4. The lowest BCUT2D eigenvalue weighted by Gasteiger charge is -2.06. The molecule has 0 spiro atoms. The van der Waals surface area contributed by atoms with Crippen LogP contribution in [0.4, 0.5) is 0 Å². The van der Waals surface area contributed by atoms with Gasteiger partial charge in [0.1, 0.15) is 6.61 Å². The van der Waals surface area contributed by atoms with Crippen molar-refractivity contribution in [3.63, 3.8) is 0 Å². The summed E-state index contributed by atoms with van der Waals surface area (Å²) in [5, 5.41) is 0. The monoisotopic (exact) mass is 245 g/mol. The third-order valence-corrected chi connectivity index (χ3v) is 2.76. The first-order valence-electron chi connectivity index (χ1n) is 6.56. The Morgan fingerprint density at radius 3 is 2.61 bits per heavy atom. The van der Waals surface area contributed by atoms with E-state index in [1.165, 1.54) is 5.56 Å². The van der Waals surface area contributed by atoms with Crippen LogP contribution in [0.2, 0.25) is 0 Å². The van der Waals surface area contributed by atoms with E-state index in [9.17, 15) is 0 Å². The average molecular weight is 245 g/mol. The summed E-state index contributed by atoms with van der Waals surface area (Å²) >= 11 is 0. The lowest BCUT2D eigenvalue weighted by Crippen LogP contribution is -2.24. The van der Waals surface area contributed by atoms with Crippen molar-refractivity contribution in [2.75, 3.05) is 13.2 Å². The van der Waals surface area contributed by atoms with Gasteiger partial charge in [-0.1, -0.05) is 56.0 Å². The van der Waals surface area contributed by atoms with Gasteiger partial charge < -0.3 is 10.5 Å². The quantitative estimate of drug-likeness (QED) is 0.617. The first-order valence-corrected chi connectivity index (χ1v) is 6.56. The largest absolute Gasteiger partial charge is 0.369 e. The van der Waals surface area contributed by atoms with E-state index in [-0.39, 0.29) is 6.04 Å². The van der Waals surface area contributed by atoms with Crippen LogP contribution in [0.5, 0.6) is 0 Å². The number of aryl methyl sites for hydroxylation is 1. The molecule has 1 unspecified atom stereocenters. The molecule has 0 fully saturated rings. The zero-order valence-corrected chi connectivity index (χ0v) is 11.4. The van der Waals surface area contributed by atoms with E-state index >= 15 is 0 Å². The lowest BCUT2D eigenvalue weighted by molar-refractivity contribution is 0.164. The summed E-state index contributed by atoms with van der Waals surface area (Å²) in [5.41, 5.74) is 7.16. The van der Waals surface area contributed by atoms with Gasteiger partial charge in [0.15, 0.2) is 0 Å². The van der Waals surface area contributed by atoms with Gasteiger partial charge in [-0.15, -0.1) is 0 Å². The van der Waals surface area contributed by atoms with Crippen molar-refractivity contribution in [2.24, 2.45) is 11.7 Å². The minimum atomic E-state index is -0.0436. The number of nitrogens with two attached hydrogens (primary N) is 1. The summed E-state index contributed by atoms with van der Waals surface area (Å²) < 4.78 is 5.46. The molecular weight excluding hydrogens is 222 g/mol. The fourth-order valence-electron chi connectivity index (χ4n) is 1.47. The van der Waals surface area contributed by atoms with Crippen molar-refractivity contribution < 1.29 is 4.74 Å². The minimum absolute atomic E-state index is 0.0436. The molecule has 1 aromatic rings. The Labute approximate surface area is 111 Å². The zero-order chi connectivity index (χ0) is 13.2. The van der Waals surface area contributed by atoms with E-state index in [1.807, 2.05) is 6.07 Å². The Hall–Kier alpha value is -1.30. The minimum Gasteiger partial charge on any atom is -0.369 e. The van der Waals surface area contributed by atoms with E-state index in [0.29, 0.717) is 12.5 Å². The molecule has 0 bridgehead atoms. The molecule has 1 rings (SSSR count). The van der Waals surface area contributed by atoms with Gasteiger partial charge in [-0.3, -0.25) is 0 Å². The molecule has 0 amide bonds. The molecule has 0 aliphatic carbocycles. The van der Waals surface area contributed by atoms with Crippen LogP contribution >= 0.6 is 0 Å². The molecule has 0 aliphatic heterocycles. The van der Waals surface area contributed by atoms with Crippen molar-refractivity contribution in [1.82, 2.24) is 0 Å². The van der Waals surface area contributed by atoms with Gasteiger partial charge in [0.2, 0.25) is 0 Å². The standard InChI is InChI=1S/C16H23NO/c1-14(2)16(17)11-7-13-18-12-6-10-15-8-4-3-5-9-15/h3-5,8-9,14,16H,6,10,12-13,17H2,1-2H3. The maximum Gasteiger partial charge on any atom is 0.107 e. The Morgan fingerprint density at radius 1 is 1.22 bits per heavy atom. The normalized spacial score (nSPS) is 12.0. The van der Waals surface area contributed by atoms with Crippen LogP contribution in [-0.2, 0) is 11.2 Å².